The van der Waals surface area contributed by atoms with Crippen LogP contribution in [0.15, 0.2) is 47.5 Å². The van der Waals surface area contributed by atoms with Crippen molar-refractivity contribution in [2.45, 2.75) is 45.1 Å². The number of ether oxygens (including phenoxy) is 1. The molecule has 1 aliphatic heterocycles. The van der Waals surface area contributed by atoms with Crippen molar-refractivity contribution in [3.63, 3.8) is 0 Å². The van der Waals surface area contributed by atoms with Gasteiger partial charge in [0.05, 0.1) is 11.8 Å². The Morgan fingerprint density at radius 3 is 2.67 bits per heavy atom. The van der Waals surface area contributed by atoms with Crippen LogP contribution in [0.5, 0.6) is 0 Å². The molecule has 0 saturated carbocycles. The minimum atomic E-state index is -2.70. The summed E-state index contributed by atoms with van der Waals surface area (Å²) in [6.07, 6.45) is 0.688. The topological polar surface area (TPSA) is 69.4 Å². The fraction of sp³-hybridized carbons (Fsp3) is 0.308. The first-order chi connectivity index (χ1) is 17.2. The molecule has 3 aromatic heterocycles. The van der Waals surface area contributed by atoms with Gasteiger partial charge in [0.25, 0.3) is 12.0 Å². The number of benzene rings is 1. The maximum atomic E-state index is 14.8. The van der Waals surface area contributed by atoms with Gasteiger partial charge < -0.3 is 4.74 Å². The van der Waals surface area contributed by atoms with Crippen molar-refractivity contribution in [1.82, 2.24) is 19.4 Å². The SMILES string of the molecule is Cc1nc2c(-c3ccc(F)cc3F)nc([C@H]3CCO[C@@H](c4ccnc(C(F)F)c4)C3)cn2c(=O)c1C. The Morgan fingerprint density at radius 1 is 1.11 bits per heavy atom. The molecule has 186 valence electrons. The van der Waals surface area contributed by atoms with E-state index < -0.39 is 24.2 Å². The minimum absolute atomic E-state index is 0.0187. The standard InChI is InChI=1S/C26H22F4N4O2/c1-13-14(2)32-25-23(18-4-3-17(27)11-19(18)28)33-21(12-34(25)26(13)35)15-6-8-36-22(10-15)16-5-7-31-20(9-16)24(29)30/h3-5,7,9,11-12,15,22,24H,6,8,10H2,1-2H3/t15-,22+/m0/s1. The molecule has 0 spiro atoms. The molecule has 4 heterocycles. The first-order valence-electron chi connectivity index (χ1n) is 11.4. The Balaban J connectivity index is 1.63. The number of rotatable bonds is 4. The number of fused-ring (bicyclic) bond motifs is 1. The molecule has 0 N–H and O–H groups in total. The normalized spacial score (nSPS) is 18.2. The molecule has 36 heavy (non-hydrogen) atoms. The lowest BCUT2D eigenvalue weighted by Gasteiger charge is -2.30. The van der Waals surface area contributed by atoms with Gasteiger partial charge in [-0.25, -0.2) is 27.5 Å². The van der Waals surface area contributed by atoms with Crippen LogP contribution in [0.3, 0.4) is 0 Å². The van der Waals surface area contributed by atoms with Crippen LogP contribution < -0.4 is 5.56 Å². The molecule has 1 saturated heterocycles. The lowest BCUT2D eigenvalue weighted by molar-refractivity contribution is 0.00433. The first kappa shape index (κ1) is 24.1. The number of hydrogen-bond acceptors (Lipinski definition) is 5. The fourth-order valence-corrected chi connectivity index (χ4v) is 4.50. The molecule has 0 aliphatic carbocycles. The Kier molecular flexibility index (Phi) is 6.29. The third-order valence-corrected chi connectivity index (χ3v) is 6.59. The van der Waals surface area contributed by atoms with E-state index in [1.165, 1.54) is 22.7 Å². The lowest BCUT2D eigenvalue weighted by atomic mass is 9.89. The number of aromatic nitrogens is 4. The van der Waals surface area contributed by atoms with Crippen LogP contribution in [0.4, 0.5) is 17.6 Å². The van der Waals surface area contributed by atoms with E-state index in [0.29, 0.717) is 42.0 Å². The van der Waals surface area contributed by atoms with Gasteiger partial charge in [-0.2, -0.15) is 0 Å². The van der Waals surface area contributed by atoms with E-state index in [4.69, 9.17) is 9.72 Å². The number of alkyl halides is 2. The molecule has 1 aromatic carbocycles. The molecular formula is C26H22F4N4O2. The van der Waals surface area contributed by atoms with Crippen molar-refractivity contribution in [3.8, 4) is 11.3 Å². The summed E-state index contributed by atoms with van der Waals surface area (Å²) >= 11 is 0. The van der Waals surface area contributed by atoms with Crippen molar-refractivity contribution < 1.29 is 22.3 Å². The Hall–Kier alpha value is -3.66. The quantitative estimate of drug-likeness (QED) is 0.342. The third-order valence-electron chi connectivity index (χ3n) is 6.59. The highest BCUT2D eigenvalue weighted by molar-refractivity contribution is 5.74. The summed E-state index contributed by atoms with van der Waals surface area (Å²) in [5.41, 5.74) is 1.65. The molecule has 10 heteroatoms. The van der Waals surface area contributed by atoms with Gasteiger partial charge in [-0.05, 0) is 56.5 Å². The largest absolute Gasteiger partial charge is 0.373 e. The van der Waals surface area contributed by atoms with Crippen molar-refractivity contribution in [1.29, 1.82) is 0 Å². The van der Waals surface area contributed by atoms with Crippen LogP contribution in [-0.2, 0) is 4.74 Å². The lowest BCUT2D eigenvalue weighted by Crippen LogP contribution is -2.24. The number of hydrogen-bond donors (Lipinski definition) is 0. The Labute approximate surface area is 203 Å². The van der Waals surface area contributed by atoms with Crippen LogP contribution >= 0.6 is 0 Å². The molecule has 4 aromatic rings. The molecule has 1 fully saturated rings. The number of aryl methyl sites for hydroxylation is 1. The average Bonchev–Trinajstić information content (AvgIpc) is 2.87. The van der Waals surface area contributed by atoms with Crippen molar-refractivity contribution >= 4 is 5.65 Å². The zero-order valence-electron chi connectivity index (χ0n) is 19.5. The molecule has 1 aliphatic rings. The summed E-state index contributed by atoms with van der Waals surface area (Å²) in [7, 11) is 0. The number of nitrogens with zero attached hydrogens (tertiary/aromatic N) is 4. The van der Waals surface area contributed by atoms with Crippen LogP contribution in [0, 0.1) is 25.5 Å². The average molecular weight is 498 g/mol. The summed E-state index contributed by atoms with van der Waals surface area (Å²) in [6, 6.07) is 6.11. The molecule has 0 bridgehead atoms. The number of pyridine rings is 1. The van der Waals surface area contributed by atoms with Gasteiger partial charge in [0.2, 0.25) is 0 Å². The van der Waals surface area contributed by atoms with Gasteiger partial charge in [0, 0.05) is 47.8 Å². The summed E-state index contributed by atoms with van der Waals surface area (Å²) in [6.45, 7) is 3.67. The van der Waals surface area contributed by atoms with Gasteiger partial charge >= 0.3 is 0 Å². The summed E-state index contributed by atoms with van der Waals surface area (Å²) in [5.74, 6) is -1.77. The van der Waals surface area contributed by atoms with Gasteiger partial charge in [-0.3, -0.25) is 14.2 Å². The molecule has 0 unspecified atom stereocenters. The van der Waals surface area contributed by atoms with Gasteiger partial charge in [0.15, 0.2) is 5.65 Å². The number of halogens is 4. The summed E-state index contributed by atoms with van der Waals surface area (Å²) < 4.78 is 62.0. The molecule has 5 rings (SSSR count). The maximum absolute atomic E-state index is 14.8. The van der Waals surface area contributed by atoms with E-state index in [2.05, 4.69) is 9.97 Å². The van der Waals surface area contributed by atoms with Crippen molar-refractivity contribution in [3.05, 3.63) is 92.9 Å². The zero-order valence-corrected chi connectivity index (χ0v) is 19.5. The zero-order chi connectivity index (χ0) is 25.6. The molecule has 2 atom stereocenters. The molecule has 6 nitrogen and oxygen atoms in total. The second kappa shape index (κ2) is 9.42. The minimum Gasteiger partial charge on any atom is -0.373 e. The molecule has 0 radical (unpaired) electrons. The van der Waals surface area contributed by atoms with E-state index >= 15 is 0 Å². The van der Waals surface area contributed by atoms with Crippen molar-refractivity contribution in [2.24, 2.45) is 0 Å². The highest BCUT2D eigenvalue weighted by Gasteiger charge is 2.29. The second-order valence-electron chi connectivity index (χ2n) is 8.85. The monoisotopic (exact) mass is 498 g/mol. The predicted octanol–water partition coefficient (Wildman–Crippen LogP) is 5.62. The summed E-state index contributed by atoms with van der Waals surface area (Å²) in [5, 5.41) is 0. The smallest absolute Gasteiger partial charge is 0.280 e. The van der Waals surface area contributed by atoms with Crippen LogP contribution in [-0.4, -0.2) is 26.0 Å². The van der Waals surface area contributed by atoms with E-state index in [-0.39, 0.29) is 34.1 Å². The van der Waals surface area contributed by atoms with Gasteiger partial charge in [0.1, 0.15) is 23.0 Å². The molecule has 0 amide bonds. The van der Waals surface area contributed by atoms with Gasteiger partial charge in [-0.15, -0.1) is 0 Å². The van der Waals surface area contributed by atoms with E-state index in [9.17, 15) is 22.4 Å². The maximum Gasteiger partial charge on any atom is 0.280 e. The third kappa shape index (κ3) is 4.37. The fourth-order valence-electron chi connectivity index (χ4n) is 4.50. The van der Waals surface area contributed by atoms with Crippen molar-refractivity contribution in [2.75, 3.05) is 6.61 Å². The Morgan fingerprint density at radius 2 is 1.92 bits per heavy atom. The first-order valence-corrected chi connectivity index (χ1v) is 11.4. The highest BCUT2D eigenvalue weighted by atomic mass is 19.3. The Bertz CT molecular complexity index is 1520. The summed E-state index contributed by atoms with van der Waals surface area (Å²) in [4.78, 5) is 26.0. The molecular weight excluding hydrogens is 476 g/mol. The van der Waals surface area contributed by atoms with E-state index in [1.807, 2.05) is 0 Å². The van der Waals surface area contributed by atoms with E-state index in [0.717, 1.165) is 12.1 Å². The predicted molar refractivity (Wildman–Crippen MR) is 124 cm³/mol. The van der Waals surface area contributed by atoms with E-state index in [1.54, 1.807) is 26.1 Å². The van der Waals surface area contributed by atoms with Crippen LogP contribution in [0.2, 0.25) is 0 Å². The van der Waals surface area contributed by atoms with Gasteiger partial charge in [-0.1, -0.05) is 0 Å². The van der Waals surface area contributed by atoms with Crippen LogP contribution in [0.25, 0.3) is 16.9 Å². The van der Waals surface area contributed by atoms with Crippen LogP contribution in [0.1, 0.15) is 59.5 Å². The second-order valence-corrected chi connectivity index (χ2v) is 8.85. The highest BCUT2D eigenvalue weighted by Crippen LogP contribution is 2.38.